The Morgan fingerprint density at radius 2 is 1.52 bits per heavy atom. The van der Waals surface area contributed by atoms with Crippen LogP contribution < -0.4 is 16.0 Å². The Morgan fingerprint density at radius 1 is 0.826 bits per heavy atom. The van der Waals surface area contributed by atoms with Gasteiger partial charge in [0.05, 0.1) is 0 Å². The SMILES string of the molecule is C=C1Cc2cc(CC(NC(=O)N3CCC(N4Cc5ccccc5NC4=O)CC3)C(=O)N3CCC(N4CCCCC4)CC3)ccc2N1. The van der Waals surface area contributed by atoms with E-state index < -0.39 is 6.04 Å². The van der Waals surface area contributed by atoms with Gasteiger partial charge >= 0.3 is 12.1 Å². The highest BCUT2D eigenvalue weighted by atomic mass is 16.2. The van der Waals surface area contributed by atoms with Crippen LogP contribution in [0.4, 0.5) is 21.0 Å². The molecular weight excluding hydrogens is 578 g/mol. The van der Waals surface area contributed by atoms with Crippen LogP contribution in [-0.4, -0.2) is 95.0 Å². The second kappa shape index (κ2) is 13.4. The number of carbonyl (C=O) groups excluding carboxylic acids is 3. The summed E-state index contributed by atoms with van der Waals surface area (Å²) < 4.78 is 0. The van der Waals surface area contributed by atoms with Crippen LogP contribution in [0.15, 0.2) is 54.7 Å². The monoisotopic (exact) mass is 625 g/mol. The first-order valence-electron chi connectivity index (χ1n) is 17.2. The largest absolute Gasteiger partial charge is 0.359 e. The third-order valence-corrected chi connectivity index (χ3v) is 10.7. The number of rotatable bonds is 6. The Bertz CT molecular complexity index is 1470. The lowest BCUT2D eigenvalue weighted by Crippen LogP contribution is -2.57. The smallest absolute Gasteiger partial charge is 0.322 e. The summed E-state index contributed by atoms with van der Waals surface area (Å²) in [4.78, 5) is 49.0. The molecule has 3 N–H and O–H groups in total. The normalized spacial score (nSPS) is 21.7. The van der Waals surface area contributed by atoms with Crippen molar-refractivity contribution in [3.8, 4) is 0 Å². The number of para-hydroxylation sites is 1. The summed E-state index contributed by atoms with van der Waals surface area (Å²) in [7, 11) is 0. The van der Waals surface area contributed by atoms with Gasteiger partial charge in [0.1, 0.15) is 6.04 Å². The van der Waals surface area contributed by atoms with Crippen molar-refractivity contribution in [2.45, 2.75) is 82.5 Å². The van der Waals surface area contributed by atoms with Crippen LogP contribution in [0.5, 0.6) is 0 Å². The highest BCUT2D eigenvalue weighted by Crippen LogP contribution is 2.30. The number of piperidine rings is 3. The molecule has 0 bridgehead atoms. The Balaban J connectivity index is 0.995. The predicted molar refractivity (Wildman–Crippen MR) is 180 cm³/mol. The first kappa shape index (κ1) is 30.6. The van der Waals surface area contributed by atoms with Gasteiger partial charge in [-0.25, -0.2) is 9.59 Å². The fourth-order valence-electron chi connectivity index (χ4n) is 8.04. The number of hydrogen-bond donors (Lipinski definition) is 3. The lowest BCUT2D eigenvalue weighted by atomic mass is 9.97. The molecular formula is C36H47N7O3. The quantitative estimate of drug-likeness (QED) is 0.429. The van der Waals surface area contributed by atoms with E-state index in [2.05, 4.69) is 39.6 Å². The molecule has 5 amide bonds. The molecule has 0 radical (unpaired) electrons. The maximum absolute atomic E-state index is 14.1. The summed E-state index contributed by atoms with van der Waals surface area (Å²) in [5, 5.41) is 9.49. The summed E-state index contributed by atoms with van der Waals surface area (Å²) >= 11 is 0. The number of amides is 5. The Morgan fingerprint density at radius 3 is 2.30 bits per heavy atom. The van der Waals surface area contributed by atoms with Crippen molar-refractivity contribution in [1.29, 1.82) is 0 Å². The lowest BCUT2D eigenvalue weighted by molar-refractivity contribution is -0.134. The Labute approximate surface area is 272 Å². The van der Waals surface area contributed by atoms with Crippen molar-refractivity contribution >= 4 is 29.3 Å². The van der Waals surface area contributed by atoms with E-state index in [1.54, 1.807) is 0 Å². The first-order valence-corrected chi connectivity index (χ1v) is 17.2. The zero-order valence-corrected chi connectivity index (χ0v) is 26.8. The van der Waals surface area contributed by atoms with Crippen LogP contribution in [-0.2, 0) is 24.2 Å². The molecule has 10 nitrogen and oxygen atoms in total. The second-order valence-corrected chi connectivity index (χ2v) is 13.7. The van der Waals surface area contributed by atoms with Gasteiger partial charge in [0.15, 0.2) is 0 Å². The fourth-order valence-corrected chi connectivity index (χ4v) is 8.04. The number of urea groups is 2. The van der Waals surface area contributed by atoms with Gasteiger partial charge in [-0.2, -0.15) is 0 Å². The van der Waals surface area contributed by atoms with Gasteiger partial charge in [0.25, 0.3) is 0 Å². The molecule has 3 saturated heterocycles. The highest BCUT2D eigenvalue weighted by molar-refractivity contribution is 5.92. The molecule has 5 aliphatic rings. The average Bonchev–Trinajstić information content (AvgIpc) is 3.47. The van der Waals surface area contributed by atoms with Crippen molar-refractivity contribution in [3.05, 3.63) is 71.4 Å². The second-order valence-electron chi connectivity index (χ2n) is 13.7. The summed E-state index contributed by atoms with van der Waals surface area (Å²) in [6, 6.07) is 13.8. The zero-order chi connectivity index (χ0) is 31.6. The van der Waals surface area contributed by atoms with Crippen molar-refractivity contribution < 1.29 is 14.4 Å². The van der Waals surface area contributed by atoms with Crippen molar-refractivity contribution in [2.75, 3.05) is 49.9 Å². The topological polar surface area (TPSA) is 100 Å². The van der Waals surface area contributed by atoms with Crippen LogP contribution in [0.2, 0.25) is 0 Å². The maximum Gasteiger partial charge on any atom is 0.322 e. The van der Waals surface area contributed by atoms with Gasteiger partial charge in [-0.05, 0) is 80.4 Å². The van der Waals surface area contributed by atoms with E-state index in [1.807, 2.05) is 45.0 Å². The molecule has 244 valence electrons. The van der Waals surface area contributed by atoms with Crippen LogP contribution in [0.25, 0.3) is 0 Å². The van der Waals surface area contributed by atoms with E-state index in [-0.39, 0.29) is 24.0 Å². The number of anilines is 2. The number of benzene rings is 2. The molecule has 0 saturated carbocycles. The lowest BCUT2D eigenvalue weighted by Gasteiger charge is -2.42. The van der Waals surface area contributed by atoms with Crippen molar-refractivity contribution in [1.82, 2.24) is 24.9 Å². The molecule has 2 aromatic rings. The molecule has 0 aliphatic carbocycles. The van der Waals surface area contributed by atoms with E-state index in [1.165, 1.54) is 37.9 Å². The minimum atomic E-state index is -0.642. The van der Waals surface area contributed by atoms with Gasteiger partial charge < -0.3 is 35.6 Å². The van der Waals surface area contributed by atoms with Gasteiger partial charge in [-0.3, -0.25) is 4.79 Å². The minimum absolute atomic E-state index is 0.00650. The minimum Gasteiger partial charge on any atom is -0.359 e. The first-order chi connectivity index (χ1) is 22.4. The number of carbonyl (C=O) groups is 3. The number of nitrogens with one attached hydrogen (secondary N) is 3. The molecule has 46 heavy (non-hydrogen) atoms. The Hall–Kier alpha value is -4.05. The summed E-state index contributed by atoms with van der Waals surface area (Å²) in [6.45, 7) is 9.52. The molecule has 10 heteroatoms. The molecule has 1 unspecified atom stereocenters. The van der Waals surface area contributed by atoms with Gasteiger partial charge in [-0.15, -0.1) is 0 Å². The highest BCUT2D eigenvalue weighted by Gasteiger charge is 2.35. The average molecular weight is 626 g/mol. The van der Waals surface area contributed by atoms with Gasteiger partial charge in [0, 0.05) is 74.7 Å². The molecule has 0 aromatic heterocycles. The number of fused-ring (bicyclic) bond motifs is 2. The standard InChI is InChI=1S/C36H47N7O3/c1-25-21-28-22-26(9-10-32(28)37-25)23-33(34(44)41-17-11-29(12-18-41)40-15-5-2-6-16-40)39-35(45)42-19-13-30(14-20-42)43-24-27-7-3-4-8-31(27)38-36(43)46/h3-4,7-10,22,29-30,33,37H,1-2,5-6,11-21,23-24H2,(H,38,46)(H,39,45). The molecule has 2 aromatic carbocycles. The van der Waals surface area contributed by atoms with E-state index in [4.69, 9.17) is 0 Å². The van der Waals surface area contributed by atoms with Crippen LogP contribution in [0.1, 0.15) is 61.6 Å². The molecule has 3 fully saturated rings. The van der Waals surface area contributed by atoms with E-state index in [0.717, 1.165) is 60.6 Å². The summed E-state index contributed by atoms with van der Waals surface area (Å²) in [6.07, 6.45) is 8.46. The number of allylic oxidation sites excluding steroid dienone is 1. The number of hydrogen-bond acceptors (Lipinski definition) is 5. The maximum atomic E-state index is 14.1. The number of likely N-dealkylation sites (tertiary alicyclic amines) is 3. The van der Waals surface area contributed by atoms with E-state index in [0.29, 0.717) is 44.9 Å². The third-order valence-electron chi connectivity index (χ3n) is 10.7. The zero-order valence-electron chi connectivity index (χ0n) is 26.8. The van der Waals surface area contributed by atoms with Crippen LogP contribution in [0.3, 0.4) is 0 Å². The van der Waals surface area contributed by atoms with E-state index in [9.17, 15) is 14.4 Å². The van der Waals surface area contributed by atoms with Gasteiger partial charge in [0.2, 0.25) is 5.91 Å². The Kier molecular flexibility index (Phi) is 8.88. The molecule has 5 aliphatic heterocycles. The van der Waals surface area contributed by atoms with E-state index >= 15 is 0 Å². The van der Waals surface area contributed by atoms with Crippen LogP contribution >= 0.6 is 0 Å². The predicted octanol–water partition coefficient (Wildman–Crippen LogP) is 4.78. The van der Waals surface area contributed by atoms with Gasteiger partial charge in [-0.1, -0.05) is 43.3 Å². The molecule has 0 spiro atoms. The van der Waals surface area contributed by atoms with Crippen molar-refractivity contribution in [2.24, 2.45) is 0 Å². The summed E-state index contributed by atoms with van der Waals surface area (Å²) in [5.74, 6) is 0.00650. The van der Waals surface area contributed by atoms with Crippen LogP contribution in [0, 0.1) is 0 Å². The molecule has 7 rings (SSSR count). The fraction of sp³-hybridized carbons (Fsp3) is 0.528. The van der Waals surface area contributed by atoms with Crippen molar-refractivity contribution in [3.63, 3.8) is 0 Å². The summed E-state index contributed by atoms with van der Waals surface area (Å²) in [5.41, 5.74) is 6.22. The molecule has 5 heterocycles. The third kappa shape index (κ3) is 6.58. The number of nitrogens with zero attached hydrogens (tertiary/aromatic N) is 4. The molecule has 1 atom stereocenters.